The summed E-state index contributed by atoms with van der Waals surface area (Å²) in [5.74, 6) is -1.24. The maximum atomic E-state index is 14.6. The van der Waals surface area contributed by atoms with Crippen LogP contribution in [0.15, 0.2) is 32.7 Å². The molecule has 2 rings (SSSR count). The van der Waals surface area contributed by atoms with Gasteiger partial charge in [-0.1, -0.05) is 32.4 Å². The monoisotopic (exact) mass is 466 g/mol. The molecule has 0 saturated heterocycles. The number of hydrogen-bond acceptors (Lipinski definition) is 4. The number of thioether (sulfide) groups is 1. The first-order valence-corrected chi connectivity index (χ1v) is 9.88. The highest BCUT2D eigenvalue weighted by Crippen LogP contribution is 2.40. The Morgan fingerprint density at radius 2 is 1.70 bits per heavy atom. The lowest BCUT2D eigenvalue weighted by atomic mass is 9.90. The summed E-state index contributed by atoms with van der Waals surface area (Å²) in [7, 11) is 0.829. The third kappa shape index (κ3) is 4.80. The second-order valence-corrected chi connectivity index (χ2v) is 9.31. The van der Waals surface area contributed by atoms with Gasteiger partial charge in [0.25, 0.3) is 5.56 Å². The average Bonchev–Trinajstić information content (AvgIpc) is 2.56. The van der Waals surface area contributed by atoms with Crippen molar-refractivity contribution in [2.24, 2.45) is 12.5 Å². The number of nitrogens with zero attached hydrogens (tertiary/aromatic N) is 2. The normalized spacial score (nSPS) is 13.4. The summed E-state index contributed by atoms with van der Waals surface area (Å²) in [6.07, 6.45) is -4.94. The van der Waals surface area contributed by atoms with E-state index in [1.807, 2.05) is 20.8 Å². The molecule has 11 heteroatoms. The molecule has 0 aliphatic heterocycles. The van der Waals surface area contributed by atoms with Crippen molar-refractivity contribution in [2.75, 3.05) is 0 Å². The highest BCUT2D eigenvalue weighted by molar-refractivity contribution is 8.00. The maximum absolute atomic E-state index is 14.6. The highest BCUT2D eigenvalue weighted by atomic mass is 35.5. The topological polar surface area (TPSA) is 61.1 Å². The molecule has 1 heterocycles. The predicted octanol–water partition coefficient (Wildman–Crippen LogP) is 4.44. The first-order valence-electron chi connectivity index (χ1n) is 8.62. The Balaban J connectivity index is 2.73. The fourth-order valence-electron chi connectivity index (χ4n) is 2.90. The molecular formula is C19H19ClF4N2O3S. The van der Waals surface area contributed by atoms with E-state index in [0.29, 0.717) is 4.57 Å². The number of ketones is 1. The van der Waals surface area contributed by atoms with Gasteiger partial charge in [-0.05, 0) is 24.5 Å². The van der Waals surface area contributed by atoms with Crippen molar-refractivity contribution < 1.29 is 22.4 Å². The van der Waals surface area contributed by atoms with Crippen LogP contribution in [-0.2, 0) is 18.0 Å². The molecular weight excluding hydrogens is 448 g/mol. The van der Waals surface area contributed by atoms with Crippen molar-refractivity contribution in [3.8, 4) is 5.69 Å². The standard InChI is InChI=1S/C19H19ClF4N2O3S/c1-9(27)16(18(2,3)4)30-13-7-12(11(21)6-10(13)20)26-15(28)8-14(19(22,23)24)25(5)17(26)29/h6-8,16H,1-5H3. The van der Waals surface area contributed by atoms with E-state index in [2.05, 4.69) is 0 Å². The lowest BCUT2D eigenvalue weighted by Gasteiger charge is -2.28. The van der Waals surface area contributed by atoms with Crippen molar-refractivity contribution in [3.63, 3.8) is 0 Å². The van der Waals surface area contributed by atoms with Gasteiger partial charge in [0.05, 0.1) is 16.0 Å². The lowest BCUT2D eigenvalue weighted by Crippen LogP contribution is -2.41. The number of halogens is 5. The number of aromatic nitrogens is 2. The van der Waals surface area contributed by atoms with E-state index in [-0.39, 0.29) is 26.3 Å². The third-order valence-electron chi connectivity index (χ3n) is 4.25. The molecule has 5 nitrogen and oxygen atoms in total. The molecule has 0 saturated carbocycles. The summed E-state index contributed by atoms with van der Waals surface area (Å²) < 4.78 is 54.2. The molecule has 0 aliphatic rings. The Morgan fingerprint density at radius 1 is 1.13 bits per heavy atom. The van der Waals surface area contributed by atoms with E-state index in [0.717, 1.165) is 30.9 Å². The van der Waals surface area contributed by atoms with Gasteiger partial charge in [-0.15, -0.1) is 11.8 Å². The Morgan fingerprint density at radius 3 is 2.17 bits per heavy atom. The zero-order chi connectivity index (χ0) is 23.2. The molecule has 0 spiro atoms. The van der Waals surface area contributed by atoms with Crippen LogP contribution in [0.5, 0.6) is 0 Å². The zero-order valence-corrected chi connectivity index (χ0v) is 18.3. The van der Waals surface area contributed by atoms with E-state index >= 15 is 0 Å². The maximum Gasteiger partial charge on any atom is 0.431 e. The van der Waals surface area contributed by atoms with Crippen LogP contribution < -0.4 is 11.2 Å². The second-order valence-electron chi connectivity index (χ2n) is 7.75. The van der Waals surface area contributed by atoms with E-state index < -0.39 is 45.3 Å². The van der Waals surface area contributed by atoms with Gasteiger partial charge in [0.1, 0.15) is 17.3 Å². The molecule has 1 aromatic carbocycles. The lowest BCUT2D eigenvalue weighted by molar-refractivity contribution is -0.144. The van der Waals surface area contributed by atoms with Crippen LogP contribution in [0.1, 0.15) is 33.4 Å². The van der Waals surface area contributed by atoms with Crippen molar-refractivity contribution in [2.45, 2.75) is 44.0 Å². The fourth-order valence-corrected chi connectivity index (χ4v) is 4.30. The molecule has 0 aliphatic carbocycles. The van der Waals surface area contributed by atoms with Crippen LogP contribution in [-0.4, -0.2) is 20.2 Å². The van der Waals surface area contributed by atoms with E-state index in [4.69, 9.17) is 11.6 Å². The van der Waals surface area contributed by atoms with Crippen LogP contribution in [0.4, 0.5) is 17.6 Å². The average molecular weight is 467 g/mol. The summed E-state index contributed by atoms with van der Waals surface area (Å²) in [6, 6.07) is 2.15. The van der Waals surface area contributed by atoms with Gasteiger partial charge in [0.15, 0.2) is 0 Å². The molecule has 0 amide bonds. The molecule has 1 atom stereocenters. The van der Waals surface area contributed by atoms with E-state index in [1.165, 1.54) is 6.92 Å². The Hall–Kier alpha value is -2.07. The van der Waals surface area contributed by atoms with Crippen LogP contribution in [0.3, 0.4) is 0 Å². The smallest absolute Gasteiger partial charge is 0.299 e. The number of alkyl halides is 3. The van der Waals surface area contributed by atoms with Gasteiger partial charge in [-0.25, -0.2) is 13.8 Å². The molecule has 30 heavy (non-hydrogen) atoms. The van der Waals surface area contributed by atoms with E-state index in [1.54, 1.807) is 0 Å². The van der Waals surface area contributed by atoms with Gasteiger partial charge in [0, 0.05) is 18.0 Å². The number of hydrogen-bond donors (Lipinski definition) is 0. The summed E-state index contributed by atoms with van der Waals surface area (Å²) in [6.45, 7) is 6.85. The molecule has 164 valence electrons. The largest absolute Gasteiger partial charge is 0.431 e. The quantitative estimate of drug-likeness (QED) is 0.493. The molecule has 0 fully saturated rings. The first-order chi connectivity index (χ1) is 13.6. The number of benzene rings is 1. The van der Waals surface area contributed by atoms with Crippen molar-refractivity contribution in [1.82, 2.24) is 9.13 Å². The zero-order valence-electron chi connectivity index (χ0n) is 16.7. The Bertz CT molecular complexity index is 1120. The highest BCUT2D eigenvalue weighted by Gasteiger charge is 2.35. The van der Waals surface area contributed by atoms with Crippen molar-refractivity contribution in [1.29, 1.82) is 0 Å². The van der Waals surface area contributed by atoms with Crippen LogP contribution in [0.2, 0.25) is 5.02 Å². The van der Waals surface area contributed by atoms with Gasteiger partial charge in [-0.3, -0.25) is 14.2 Å². The minimum atomic E-state index is -4.94. The van der Waals surface area contributed by atoms with E-state index in [9.17, 15) is 31.9 Å². The number of carbonyl (C=O) groups excluding carboxylic acids is 1. The minimum Gasteiger partial charge on any atom is -0.299 e. The summed E-state index contributed by atoms with van der Waals surface area (Å²) in [4.78, 5) is 37.0. The van der Waals surface area contributed by atoms with Gasteiger partial charge in [-0.2, -0.15) is 13.2 Å². The summed E-state index contributed by atoms with van der Waals surface area (Å²) >= 11 is 7.11. The number of Topliss-reactive ketones (excluding diaryl/α,β-unsaturated/α-hetero) is 1. The van der Waals surface area contributed by atoms with Crippen LogP contribution >= 0.6 is 23.4 Å². The molecule has 1 aromatic heterocycles. The molecule has 0 N–H and O–H groups in total. The third-order valence-corrected chi connectivity index (χ3v) is 6.54. The fraction of sp³-hybridized carbons (Fsp3) is 0.421. The first kappa shape index (κ1) is 24.2. The van der Waals surface area contributed by atoms with Crippen LogP contribution in [0.25, 0.3) is 5.69 Å². The van der Waals surface area contributed by atoms with Crippen molar-refractivity contribution in [3.05, 3.63) is 55.6 Å². The molecule has 2 aromatic rings. The summed E-state index contributed by atoms with van der Waals surface area (Å²) in [5, 5.41) is -0.644. The molecule has 1 unspecified atom stereocenters. The predicted molar refractivity (Wildman–Crippen MR) is 107 cm³/mol. The van der Waals surface area contributed by atoms with Crippen LogP contribution in [0, 0.1) is 11.2 Å². The second kappa shape index (κ2) is 8.22. The number of carbonyl (C=O) groups is 1. The molecule has 0 radical (unpaired) electrons. The minimum absolute atomic E-state index is 0.0615. The summed E-state index contributed by atoms with van der Waals surface area (Å²) in [5.41, 5.74) is -5.22. The van der Waals surface area contributed by atoms with Gasteiger partial charge < -0.3 is 0 Å². The Kier molecular flexibility index (Phi) is 6.63. The molecule has 0 bridgehead atoms. The van der Waals surface area contributed by atoms with Gasteiger partial charge in [0.2, 0.25) is 0 Å². The number of rotatable bonds is 4. The van der Waals surface area contributed by atoms with Gasteiger partial charge >= 0.3 is 11.9 Å². The Labute approximate surface area is 178 Å². The SMILES string of the molecule is CC(=O)C(Sc1cc(-n2c(=O)cc(C(F)(F)F)n(C)c2=O)c(F)cc1Cl)C(C)(C)C. The van der Waals surface area contributed by atoms with Crippen molar-refractivity contribution >= 4 is 29.1 Å².